The number of carboxylic acid groups (broad SMARTS) is 1. The molecule has 1 heterocycles. The molecule has 13 heavy (non-hydrogen) atoms. The first-order valence-electron chi connectivity index (χ1n) is 4.12. The lowest BCUT2D eigenvalue weighted by Gasteiger charge is -2.34. The van der Waals surface area contributed by atoms with Crippen LogP contribution in [-0.2, 0) is 9.53 Å². The number of ether oxygens (including phenoxy) is 1. The van der Waals surface area contributed by atoms with E-state index in [2.05, 4.69) is 0 Å². The molecule has 0 amide bonds. The minimum absolute atomic E-state index is 0.168. The van der Waals surface area contributed by atoms with Gasteiger partial charge in [0.1, 0.15) is 6.04 Å². The van der Waals surface area contributed by atoms with E-state index in [1.807, 2.05) is 6.07 Å². The molecule has 0 aromatic carbocycles. The molecule has 1 aliphatic heterocycles. The Bertz CT molecular complexity index is 236. The fourth-order valence-corrected chi connectivity index (χ4v) is 1.37. The largest absolute Gasteiger partial charge is 0.480 e. The van der Waals surface area contributed by atoms with Crippen molar-refractivity contribution in [3.63, 3.8) is 0 Å². The first kappa shape index (κ1) is 9.96. The van der Waals surface area contributed by atoms with E-state index in [1.165, 1.54) is 0 Å². The lowest BCUT2D eigenvalue weighted by atomic mass is 10.2. The second-order valence-corrected chi connectivity index (χ2v) is 2.97. The normalized spacial score (nSPS) is 26.3. The van der Waals surface area contributed by atoms with Gasteiger partial charge in [0.25, 0.3) is 0 Å². The lowest BCUT2D eigenvalue weighted by Crippen LogP contribution is -2.53. The third-order valence-corrected chi connectivity index (χ3v) is 2.14. The van der Waals surface area contributed by atoms with E-state index in [1.54, 1.807) is 11.8 Å². The fourth-order valence-electron chi connectivity index (χ4n) is 1.37. The molecule has 0 spiro atoms. The van der Waals surface area contributed by atoms with Crippen molar-refractivity contribution < 1.29 is 14.6 Å². The van der Waals surface area contributed by atoms with Gasteiger partial charge in [-0.05, 0) is 6.92 Å². The molecule has 1 fully saturated rings. The van der Waals surface area contributed by atoms with Crippen LogP contribution in [0.25, 0.3) is 0 Å². The monoisotopic (exact) mass is 184 g/mol. The van der Waals surface area contributed by atoms with Gasteiger partial charge in [-0.15, -0.1) is 0 Å². The summed E-state index contributed by atoms with van der Waals surface area (Å²) in [6.07, 6.45) is 0. The average molecular weight is 184 g/mol. The van der Waals surface area contributed by atoms with Crippen LogP contribution in [0.5, 0.6) is 0 Å². The van der Waals surface area contributed by atoms with Gasteiger partial charge in [0.15, 0.2) is 0 Å². The Balaban J connectivity index is 2.68. The van der Waals surface area contributed by atoms with Crippen LogP contribution in [0.4, 0.5) is 0 Å². The number of aliphatic carboxylic acids is 1. The van der Waals surface area contributed by atoms with Crippen molar-refractivity contribution in [3.8, 4) is 6.07 Å². The average Bonchev–Trinajstić information content (AvgIpc) is 2.16. The summed E-state index contributed by atoms with van der Waals surface area (Å²) in [5.74, 6) is -0.929. The highest BCUT2D eigenvalue weighted by molar-refractivity contribution is 5.73. The molecule has 1 N–H and O–H groups in total. The number of carbonyl (C=O) groups is 1. The van der Waals surface area contributed by atoms with Gasteiger partial charge in [0.2, 0.25) is 0 Å². The zero-order chi connectivity index (χ0) is 9.84. The maximum absolute atomic E-state index is 10.8. The van der Waals surface area contributed by atoms with Crippen molar-refractivity contribution in [2.24, 2.45) is 0 Å². The highest BCUT2D eigenvalue weighted by Gasteiger charge is 2.32. The Morgan fingerprint density at radius 1 is 1.85 bits per heavy atom. The molecule has 5 nitrogen and oxygen atoms in total. The Hall–Kier alpha value is -1.12. The van der Waals surface area contributed by atoms with Crippen LogP contribution >= 0.6 is 0 Å². The lowest BCUT2D eigenvalue weighted by molar-refractivity contribution is -0.150. The van der Waals surface area contributed by atoms with E-state index in [0.717, 1.165) is 0 Å². The van der Waals surface area contributed by atoms with Crippen molar-refractivity contribution in [2.45, 2.75) is 19.0 Å². The number of nitriles is 1. The fraction of sp³-hybridized carbons (Fsp3) is 0.750. The predicted molar refractivity (Wildman–Crippen MR) is 44.0 cm³/mol. The van der Waals surface area contributed by atoms with Crippen LogP contribution in [0, 0.1) is 11.3 Å². The summed E-state index contributed by atoms with van der Waals surface area (Å²) in [5.41, 5.74) is 0. The van der Waals surface area contributed by atoms with Gasteiger partial charge in [0.05, 0.1) is 25.3 Å². The number of carboxylic acids is 1. The van der Waals surface area contributed by atoms with Gasteiger partial charge in [-0.25, -0.2) is 0 Å². The number of nitrogens with zero attached hydrogens (tertiary/aromatic N) is 2. The predicted octanol–water partition coefficient (Wildman–Crippen LogP) is -0.316. The molecule has 0 aliphatic carbocycles. The van der Waals surface area contributed by atoms with E-state index in [4.69, 9.17) is 15.1 Å². The van der Waals surface area contributed by atoms with E-state index < -0.39 is 12.0 Å². The van der Waals surface area contributed by atoms with Gasteiger partial charge >= 0.3 is 5.97 Å². The van der Waals surface area contributed by atoms with Crippen LogP contribution < -0.4 is 0 Å². The Morgan fingerprint density at radius 2 is 2.54 bits per heavy atom. The summed E-state index contributed by atoms with van der Waals surface area (Å²) >= 11 is 0. The van der Waals surface area contributed by atoms with Crippen molar-refractivity contribution in [2.75, 3.05) is 19.8 Å². The van der Waals surface area contributed by atoms with Crippen molar-refractivity contribution >= 4 is 5.97 Å². The quantitative estimate of drug-likeness (QED) is 0.637. The van der Waals surface area contributed by atoms with Crippen molar-refractivity contribution in [1.29, 1.82) is 5.26 Å². The van der Waals surface area contributed by atoms with Crippen LogP contribution in [0.15, 0.2) is 0 Å². The third kappa shape index (κ3) is 2.17. The third-order valence-electron chi connectivity index (χ3n) is 2.14. The molecular formula is C8H12N2O3. The molecule has 1 rings (SSSR count). The van der Waals surface area contributed by atoms with E-state index in [9.17, 15) is 4.79 Å². The van der Waals surface area contributed by atoms with Crippen LogP contribution in [0.3, 0.4) is 0 Å². The second-order valence-electron chi connectivity index (χ2n) is 2.97. The van der Waals surface area contributed by atoms with Crippen molar-refractivity contribution in [3.05, 3.63) is 0 Å². The second kappa shape index (κ2) is 4.21. The van der Waals surface area contributed by atoms with Gasteiger partial charge in [-0.2, -0.15) is 5.26 Å². The van der Waals surface area contributed by atoms with Crippen LogP contribution in [0.1, 0.15) is 6.92 Å². The highest BCUT2D eigenvalue weighted by atomic mass is 16.5. The summed E-state index contributed by atoms with van der Waals surface area (Å²) in [6, 6.07) is 0.979. The van der Waals surface area contributed by atoms with E-state index in [-0.39, 0.29) is 12.6 Å². The molecule has 2 unspecified atom stereocenters. The topological polar surface area (TPSA) is 73.6 Å². The zero-order valence-electron chi connectivity index (χ0n) is 7.43. The molecule has 0 radical (unpaired) electrons. The number of morpholine rings is 1. The number of hydrogen-bond donors (Lipinski definition) is 1. The first-order valence-corrected chi connectivity index (χ1v) is 4.12. The molecule has 2 atom stereocenters. The van der Waals surface area contributed by atoms with Gasteiger partial charge in [0, 0.05) is 6.54 Å². The van der Waals surface area contributed by atoms with Crippen LogP contribution in [0.2, 0.25) is 0 Å². The van der Waals surface area contributed by atoms with E-state index in [0.29, 0.717) is 13.2 Å². The molecule has 72 valence electrons. The van der Waals surface area contributed by atoms with Crippen LogP contribution in [-0.4, -0.2) is 47.8 Å². The molecule has 1 saturated heterocycles. The minimum atomic E-state index is -0.929. The summed E-state index contributed by atoms with van der Waals surface area (Å²) in [6.45, 7) is 2.87. The molecule has 0 aromatic rings. The maximum atomic E-state index is 10.8. The SMILES string of the molecule is CC(C#N)N1CCOCC1C(=O)O. The van der Waals surface area contributed by atoms with E-state index >= 15 is 0 Å². The van der Waals surface area contributed by atoms with Gasteiger partial charge < -0.3 is 9.84 Å². The molecule has 0 aromatic heterocycles. The standard InChI is InChI=1S/C8H12N2O3/c1-6(4-9)10-2-3-13-5-7(10)8(11)12/h6-7H,2-3,5H2,1H3,(H,11,12). The van der Waals surface area contributed by atoms with Gasteiger partial charge in [-0.1, -0.05) is 0 Å². The Labute approximate surface area is 76.5 Å². The maximum Gasteiger partial charge on any atom is 0.323 e. The first-order chi connectivity index (χ1) is 6.16. The molecule has 5 heteroatoms. The number of hydrogen-bond acceptors (Lipinski definition) is 4. The Morgan fingerprint density at radius 3 is 3.08 bits per heavy atom. The highest BCUT2D eigenvalue weighted by Crippen LogP contribution is 2.10. The summed E-state index contributed by atoms with van der Waals surface area (Å²) < 4.78 is 5.04. The molecular weight excluding hydrogens is 172 g/mol. The molecule has 1 aliphatic rings. The Kier molecular flexibility index (Phi) is 3.23. The smallest absolute Gasteiger partial charge is 0.323 e. The minimum Gasteiger partial charge on any atom is -0.480 e. The van der Waals surface area contributed by atoms with Gasteiger partial charge in [-0.3, -0.25) is 9.69 Å². The number of rotatable bonds is 2. The zero-order valence-corrected chi connectivity index (χ0v) is 7.43. The summed E-state index contributed by atoms with van der Waals surface area (Å²) in [7, 11) is 0. The summed E-state index contributed by atoms with van der Waals surface area (Å²) in [5, 5.41) is 17.5. The van der Waals surface area contributed by atoms with Crippen molar-refractivity contribution in [1.82, 2.24) is 4.90 Å². The molecule has 0 bridgehead atoms. The molecule has 0 saturated carbocycles. The summed E-state index contributed by atoms with van der Waals surface area (Å²) in [4.78, 5) is 12.4.